The number of ether oxygens (including phenoxy) is 1. The molecule has 0 saturated carbocycles. The summed E-state index contributed by atoms with van der Waals surface area (Å²) >= 11 is 0. The number of hydrogen-bond donors (Lipinski definition) is 0. The predicted molar refractivity (Wildman–Crippen MR) is 77.3 cm³/mol. The van der Waals surface area contributed by atoms with Gasteiger partial charge in [-0.1, -0.05) is 6.07 Å². The van der Waals surface area contributed by atoms with Crippen molar-refractivity contribution >= 4 is 11.8 Å². The maximum atomic E-state index is 12.1. The third-order valence-corrected chi connectivity index (χ3v) is 3.48. The van der Waals surface area contributed by atoms with Gasteiger partial charge in [0.2, 0.25) is 11.8 Å². The topological polar surface area (TPSA) is 62.7 Å². The molecular formula is C15H21N3O3. The van der Waals surface area contributed by atoms with Gasteiger partial charge in [0.25, 0.3) is 0 Å². The fourth-order valence-corrected chi connectivity index (χ4v) is 2.24. The van der Waals surface area contributed by atoms with Gasteiger partial charge in [-0.3, -0.25) is 14.6 Å². The zero-order chi connectivity index (χ0) is 15.1. The van der Waals surface area contributed by atoms with E-state index in [2.05, 4.69) is 4.98 Å². The second kappa shape index (κ2) is 7.73. The summed E-state index contributed by atoms with van der Waals surface area (Å²) in [6, 6.07) is 5.60. The third kappa shape index (κ3) is 4.82. The van der Waals surface area contributed by atoms with Crippen LogP contribution in [-0.4, -0.2) is 59.4 Å². The van der Waals surface area contributed by atoms with Crippen LogP contribution >= 0.6 is 0 Å². The van der Waals surface area contributed by atoms with E-state index in [1.807, 2.05) is 18.2 Å². The maximum Gasteiger partial charge on any atom is 0.224 e. The number of nitrogens with zero attached hydrogens (tertiary/aromatic N) is 3. The molecule has 0 bridgehead atoms. The van der Waals surface area contributed by atoms with Gasteiger partial charge in [-0.25, -0.2) is 0 Å². The van der Waals surface area contributed by atoms with Crippen LogP contribution in [-0.2, 0) is 20.9 Å². The van der Waals surface area contributed by atoms with Gasteiger partial charge in [-0.05, 0) is 12.1 Å². The zero-order valence-corrected chi connectivity index (χ0v) is 12.3. The number of carbonyl (C=O) groups excluding carboxylic acids is 2. The molecule has 1 aromatic heterocycles. The van der Waals surface area contributed by atoms with Gasteiger partial charge >= 0.3 is 0 Å². The molecule has 1 saturated heterocycles. The molecule has 6 heteroatoms. The number of pyridine rings is 1. The van der Waals surface area contributed by atoms with Crippen molar-refractivity contribution in [2.75, 3.05) is 32.8 Å². The van der Waals surface area contributed by atoms with E-state index >= 15 is 0 Å². The second-order valence-electron chi connectivity index (χ2n) is 5.00. The second-order valence-corrected chi connectivity index (χ2v) is 5.00. The van der Waals surface area contributed by atoms with Crippen molar-refractivity contribution in [3.8, 4) is 0 Å². The molecule has 0 spiro atoms. The van der Waals surface area contributed by atoms with Crippen LogP contribution < -0.4 is 0 Å². The molecule has 0 aliphatic carbocycles. The van der Waals surface area contributed by atoms with Crippen molar-refractivity contribution in [3.63, 3.8) is 0 Å². The first kappa shape index (κ1) is 15.4. The highest BCUT2D eigenvalue weighted by atomic mass is 16.5. The highest BCUT2D eigenvalue weighted by Gasteiger charge is 2.18. The van der Waals surface area contributed by atoms with Gasteiger partial charge in [0.05, 0.1) is 25.5 Å². The van der Waals surface area contributed by atoms with Gasteiger partial charge in [0.1, 0.15) is 0 Å². The number of amides is 2. The lowest BCUT2D eigenvalue weighted by Gasteiger charge is -2.28. The van der Waals surface area contributed by atoms with Crippen molar-refractivity contribution in [2.45, 2.75) is 19.9 Å². The van der Waals surface area contributed by atoms with Gasteiger partial charge in [0, 0.05) is 39.2 Å². The first-order valence-corrected chi connectivity index (χ1v) is 7.18. The average molecular weight is 291 g/mol. The molecule has 2 amide bonds. The Labute approximate surface area is 124 Å². The lowest BCUT2D eigenvalue weighted by Crippen LogP contribution is -2.42. The normalized spacial score (nSPS) is 14.8. The van der Waals surface area contributed by atoms with E-state index in [4.69, 9.17) is 4.74 Å². The van der Waals surface area contributed by atoms with Gasteiger partial charge in [0.15, 0.2) is 0 Å². The molecule has 6 nitrogen and oxygen atoms in total. The smallest absolute Gasteiger partial charge is 0.224 e. The maximum absolute atomic E-state index is 12.1. The molecular weight excluding hydrogens is 270 g/mol. The molecule has 0 radical (unpaired) electrons. The molecule has 0 unspecified atom stereocenters. The lowest BCUT2D eigenvalue weighted by molar-refractivity contribution is -0.136. The molecule has 2 heterocycles. The number of aromatic nitrogens is 1. The third-order valence-electron chi connectivity index (χ3n) is 3.48. The summed E-state index contributed by atoms with van der Waals surface area (Å²) in [7, 11) is 0. The molecule has 114 valence electrons. The van der Waals surface area contributed by atoms with Crippen LogP contribution in [0.3, 0.4) is 0 Å². The molecule has 0 aromatic carbocycles. The van der Waals surface area contributed by atoms with Crippen LogP contribution in [0.4, 0.5) is 0 Å². The number of hydrogen-bond acceptors (Lipinski definition) is 4. The standard InChI is InChI=1S/C15H21N3O3/c1-13(19)18(12-14-4-2-3-6-16-14)7-5-15(20)17-8-10-21-11-9-17/h2-4,6H,5,7-12H2,1H3. The summed E-state index contributed by atoms with van der Waals surface area (Å²) in [4.78, 5) is 31.4. The van der Waals surface area contributed by atoms with Crippen LogP contribution in [0.25, 0.3) is 0 Å². The van der Waals surface area contributed by atoms with Crippen molar-refractivity contribution in [1.82, 2.24) is 14.8 Å². The summed E-state index contributed by atoms with van der Waals surface area (Å²) in [5, 5.41) is 0. The summed E-state index contributed by atoms with van der Waals surface area (Å²) in [6.45, 7) is 4.83. The van der Waals surface area contributed by atoms with Crippen molar-refractivity contribution in [3.05, 3.63) is 30.1 Å². The van der Waals surface area contributed by atoms with Gasteiger partial charge < -0.3 is 14.5 Å². The summed E-state index contributed by atoms with van der Waals surface area (Å²) in [5.41, 5.74) is 0.825. The fourth-order valence-electron chi connectivity index (χ4n) is 2.24. The molecule has 0 atom stereocenters. The van der Waals surface area contributed by atoms with Crippen LogP contribution in [0, 0.1) is 0 Å². The minimum absolute atomic E-state index is 0.0459. The van der Waals surface area contributed by atoms with E-state index < -0.39 is 0 Å². The van der Waals surface area contributed by atoms with Crippen LogP contribution in [0.5, 0.6) is 0 Å². The largest absolute Gasteiger partial charge is 0.378 e. The first-order chi connectivity index (χ1) is 10.2. The van der Waals surface area contributed by atoms with E-state index in [1.54, 1.807) is 16.0 Å². The van der Waals surface area contributed by atoms with E-state index in [0.29, 0.717) is 45.8 Å². The fraction of sp³-hybridized carbons (Fsp3) is 0.533. The van der Waals surface area contributed by atoms with Crippen LogP contribution in [0.15, 0.2) is 24.4 Å². The number of morpholine rings is 1. The molecule has 1 aromatic rings. The van der Waals surface area contributed by atoms with E-state index in [9.17, 15) is 9.59 Å². The average Bonchev–Trinajstić information content (AvgIpc) is 2.52. The van der Waals surface area contributed by atoms with Crippen molar-refractivity contribution in [2.24, 2.45) is 0 Å². The highest BCUT2D eigenvalue weighted by molar-refractivity contribution is 5.78. The highest BCUT2D eigenvalue weighted by Crippen LogP contribution is 2.05. The van der Waals surface area contributed by atoms with E-state index in [-0.39, 0.29) is 11.8 Å². The molecule has 2 rings (SSSR count). The Morgan fingerprint density at radius 3 is 2.71 bits per heavy atom. The van der Waals surface area contributed by atoms with Crippen molar-refractivity contribution in [1.29, 1.82) is 0 Å². The lowest BCUT2D eigenvalue weighted by atomic mass is 10.2. The number of rotatable bonds is 5. The Bertz CT molecular complexity index is 472. The monoisotopic (exact) mass is 291 g/mol. The van der Waals surface area contributed by atoms with E-state index in [1.165, 1.54) is 6.92 Å². The summed E-state index contributed by atoms with van der Waals surface area (Å²) in [6.07, 6.45) is 2.04. The molecule has 0 N–H and O–H groups in total. The zero-order valence-electron chi connectivity index (χ0n) is 12.3. The molecule has 21 heavy (non-hydrogen) atoms. The first-order valence-electron chi connectivity index (χ1n) is 7.18. The minimum atomic E-state index is -0.0459. The van der Waals surface area contributed by atoms with Gasteiger partial charge in [-0.15, -0.1) is 0 Å². The van der Waals surface area contributed by atoms with E-state index in [0.717, 1.165) is 5.69 Å². The molecule has 1 aliphatic rings. The van der Waals surface area contributed by atoms with Crippen molar-refractivity contribution < 1.29 is 14.3 Å². The Morgan fingerprint density at radius 2 is 2.10 bits per heavy atom. The summed E-state index contributed by atoms with van der Waals surface area (Å²) < 4.78 is 5.23. The Kier molecular flexibility index (Phi) is 5.68. The summed E-state index contributed by atoms with van der Waals surface area (Å²) in [5.74, 6) is 0.0287. The quantitative estimate of drug-likeness (QED) is 0.800. The number of carbonyl (C=O) groups is 2. The molecule has 1 aliphatic heterocycles. The Balaban J connectivity index is 1.85. The SMILES string of the molecule is CC(=O)N(CCC(=O)N1CCOCC1)Cc1ccccn1. The van der Waals surface area contributed by atoms with Crippen LogP contribution in [0.2, 0.25) is 0 Å². The van der Waals surface area contributed by atoms with Crippen LogP contribution in [0.1, 0.15) is 19.0 Å². The van der Waals surface area contributed by atoms with Gasteiger partial charge in [-0.2, -0.15) is 0 Å². The Morgan fingerprint density at radius 1 is 1.33 bits per heavy atom. The Hall–Kier alpha value is -1.95. The molecule has 1 fully saturated rings. The predicted octanol–water partition coefficient (Wildman–Crippen LogP) is 0.679. The minimum Gasteiger partial charge on any atom is -0.378 e.